The SMILES string of the molecule is Cc1cc(N2CCN(C(=O)C3CC(=O)OC34CCCC4)CC2)n2ncnc2n1. The molecular weight excluding hydrogens is 360 g/mol. The number of anilines is 1. The van der Waals surface area contributed by atoms with Crippen LogP contribution in [0.3, 0.4) is 0 Å². The molecule has 2 saturated heterocycles. The van der Waals surface area contributed by atoms with Crippen molar-refractivity contribution in [2.75, 3.05) is 31.1 Å². The van der Waals surface area contributed by atoms with Crippen LogP contribution in [0, 0.1) is 12.8 Å². The molecule has 1 amide bonds. The molecule has 2 aromatic rings. The van der Waals surface area contributed by atoms with Crippen molar-refractivity contribution in [3.63, 3.8) is 0 Å². The summed E-state index contributed by atoms with van der Waals surface area (Å²) < 4.78 is 7.39. The lowest BCUT2D eigenvalue weighted by Crippen LogP contribution is -2.53. The van der Waals surface area contributed by atoms with E-state index in [2.05, 4.69) is 20.0 Å². The van der Waals surface area contributed by atoms with Gasteiger partial charge in [-0.1, -0.05) is 0 Å². The van der Waals surface area contributed by atoms with E-state index in [0.29, 0.717) is 32.0 Å². The van der Waals surface area contributed by atoms with E-state index in [1.54, 1.807) is 4.52 Å². The first-order valence-corrected chi connectivity index (χ1v) is 9.99. The second-order valence-electron chi connectivity index (χ2n) is 8.04. The first-order chi connectivity index (χ1) is 13.6. The van der Waals surface area contributed by atoms with Gasteiger partial charge in [0.05, 0.1) is 12.3 Å². The van der Waals surface area contributed by atoms with Gasteiger partial charge in [-0.05, 0) is 32.6 Å². The zero-order valence-electron chi connectivity index (χ0n) is 16.0. The van der Waals surface area contributed by atoms with Gasteiger partial charge in [-0.15, -0.1) is 0 Å². The highest BCUT2D eigenvalue weighted by atomic mass is 16.6. The maximum absolute atomic E-state index is 13.2. The van der Waals surface area contributed by atoms with Gasteiger partial charge in [0.2, 0.25) is 5.91 Å². The number of hydrogen-bond donors (Lipinski definition) is 0. The van der Waals surface area contributed by atoms with E-state index in [1.807, 2.05) is 17.9 Å². The van der Waals surface area contributed by atoms with Crippen molar-refractivity contribution in [3.05, 3.63) is 18.1 Å². The average molecular weight is 384 g/mol. The molecule has 3 aliphatic rings. The van der Waals surface area contributed by atoms with Gasteiger partial charge < -0.3 is 14.5 Å². The Morgan fingerprint density at radius 2 is 1.96 bits per heavy atom. The smallest absolute Gasteiger partial charge is 0.307 e. The third kappa shape index (κ3) is 2.71. The van der Waals surface area contributed by atoms with Crippen molar-refractivity contribution >= 4 is 23.5 Å². The standard InChI is InChI=1S/C19H24N6O3/c1-13-10-15(25-18(22-13)20-12-21-25)23-6-8-24(9-7-23)17(27)14-11-16(26)28-19(14)4-2-3-5-19/h10,12,14H,2-9,11H2,1H3. The lowest BCUT2D eigenvalue weighted by Gasteiger charge is -2.38. The number of amides is 1. The van der Waals surface area contributed by atoms with Crippen LogP contribution in [0.5, 0.6) is 0 Å². The molecular formula is C19H24N6O3. The predicted molar refractivity (Wildman–Crippen MR) is 99.7 cm³/mol. The quantitative estimate of drug-likeness (QED) is 0.712. The summed E-state index contributed by atoms with van der Waals surface area (Å²) in [4.78, 5) is 37.8. The van der Waals surface area contributed by atoms with E-state index < -0.39 is 5.60 Å². The molecule has 0 radical (unpaired) electrons. The summed E-state index contributed by atoms with van der Waals surface area (Å²) in [5, 5.41) is 4.28. The van der Waals surface area contributed by atoms with Crippen LogP contribution in [-0.4, -0.2) is 68.1 Å². The number of ether oxygens (including phenoxy) is 1. The maximum atomic E-state index is 13.2. The first kappa shape index (κ1) is 17.4. The van der Waals surface area contributed by atoms with Gasteiger partial charge in [0.1, 0.15) is 17.7 Å². The molecule has 0 N–H and O–H groups in total. The first-order valence-electron chi connectivity index (χ1n) is 9.99. The molecule has 4 heterocycles. The molecule has 3 fully saturated rings. The zero-order chi connectivity index (χ0) is 19.3. The molecule has 28 heavy (non-hydrogen) atoms. The van der Waals surface area contributed by atoms with Crippen molar-refractivity contribution in [1.82, 2.24) is 24.5 Å². The number of fused-ring (bicyclic) bond motifs is 1. The lowest BCUT2D eigenvalue weighted by atomic mass is 9.84. The Morgan fingerprint density at radius 3 is 2.71 bits per heavy atom. The summed E-state index contributed by atoms with van der Waals surface area (Å²) in [6.07, 6.45) is 5.41. The summed E-state index contributed by atoms with van der Waals surface area (Å²) in [6.45, 7) is 4.60. The number of nitrogens with zero attached hydrogens (tertiary/aromatic N) is 6. The molecule has 1 spiro atoms. The molecule has 1 atom stereocenters. The van der Waals surface area contributed by atoms with E-state index in [4.69, 9.17) is 4.74 Å². The fraction of sp³-hybridized carbons (Fsp3) is 0.632. The summed E-state index contributed by atoms with van der Waals surface area (Å²) in [5.41, 5.74) is 0.347. The third-order valence-corrected chi connectivity index (χ3v) is 6.35. The molecule has 5 rings (SSSR count). The molecule has 2 aliphatic heterocycles. The highest BCUT2D eigenvalue weighted by Gasteiger charge is 2.54. The number of hydrogen-bond acceptors (Lipinski definition) is 7. The van der Waals surface area contributed by atoms with Crippen molar-refractivity contribution in [2.45, 2.75) is 44.6 Å². The van der Waals surface area contributed by atoms with Crippen LogP contribution in [0.4, 0.5) is 5.82 Å². The predicted octanol–water partition coefficient (Wildman–Crippen LogP) is 0.957. The fourth-order valence-electron chi connectivity index (χ4n) is 4.94. The maximum Gasteiger partial charge on any atom is 0.307 e. The van der Waals surface area contributed by atoms with Crippen molar-refractivity contribution in [3.8, 4) is 0 Å². The van der Waals surface area contributed by atoms with Crippen LogP contribution >= 0.6 is 0 Å². The van der Waals surface area contributed by atoms with Gasteiger partial charge in [-0.2, -0.15) is 14.6 Å². The van der Waals surface area contributed by atoms with Gasteiger partial charge >= 0.3 is 5.97 Å². The second-order valence-corrected chi connectivity index (χ2v) is 8.04. The Labute approximate surface area is 162 Å². The van der Waals surface area contributed by atoms with Gasteiger partial charge in [0, 0.05) is 37.9 Å². The summed E-state index contributed by atoms with van der Waals surface area (Å²) in [5.74, 6) is 1.06. The number of aryl methyl sites for hydroxylation is 1. The average Bonchev–Trinajstić information content (AvgIpc) is 3.41. The van der Waals surface area contributed by atoms with E-state index >= 15 is 0 Å². The van der Waals surface area contributed by atoms with E-state index in [9.17, 15) is 9.59 Å². The second kappa shape index (κ2) is 6.42. The normalized spacial score (nSPS) is 24.3. The molecule has 148 valence electrons. The number of aromatic nitrogens is 4. The third-order valence-electron chi connectivity index (χ3n) is 6.35. The lowest BCUT2D eigenvalue weighted by molar-refractivity contribution is -0.151. The number of carbonyl (C=O) groups excluding carboxylic acids is 2. The number of rotatable bonds is 2. The number of carbonyl (C=O) groups is 2. The Hall–Kier alpha value is -2.71. The summed E-state index contributed by atoms with van der Waals surface area (Å²) in [7, 11) is 0. The van der Waals surface area contributed by atoms with Crippen LogP contribution in [0.25, 0.3) is 5.78 Å². The summed E-state index contributed by atoms with van der Waals surface area (Å²) >= 11 is 0. The minimum Gasteiger partial charge on any atom is -0.458 e. The fourth-order valence-corrected chi connectivity index (χ4v) is 4.94. The molecule has 1 aliphatic carbocycles. The van der Waals surface area contributed by atoms with Crippen molar-refractivity contribution in [2.24, 2.45) is 5.92 Å². The van der Waals surface area contributed by atoms with E-state index in [0.717, 1.165) is 37.2 Å². The Morgan fingerprint density at radius 1 is 1.21 bits per heavy atom. The molecule has 1 unspecified atom stereocenters. The molecule has 9 heteroatoms. The Balaban J connectivity index is 1.31. The van der Waals surface area contributed by atoms with Gasteiger partial charge in [-0.25, -0.2) is 4.98 Å². The summed E-state index contributed by atoms with van der Waals surface area (Å²) in [6, 6.07) is 2.00. The van der Waals surface area contributed by atoms with Crippen LogP contribution in [-0.2, 0) is 14.3 Å². The highest BCUT2D eigenvalue weighted by molar-refractivity contribution is 5.88. The minimum atomic E-state index is -0.541. The monoisotopic (exact) mass is 384 g/mol. The van der Waals surface area contributed by atoms with E-state index in [1.165, 1.54) is 6.33 Å². The zero-order valence-corrected chi connectivity index (χ0v) is 16.0. The minimum absolute atomic E-state index is 0.0733. The Kier molecular flexibility index (Phi) is 3.99. The molecule has 0 aromatic carbocycles. The van der Waals surface area contributed by atoms with Gasteiger partial charge in [0.15, 0.2) is 0 Å². The van der Waals surface area contributed by atoms with Gasteiger partial charge in [0.25, 0.3) is 5.78 Å². The number of esters is 1. The molecule has 9 nitrogen and oxygen atoms in total. The highest BCUT2D eigenvalue weighted by Crippen LogP contribution is 2.46. The number of piperazine rings is 1. The van der Waals surface area contributed by atoms with Crippen LogP contribution in [0.1, 0.15) is 37.8 Å². The van der Waals surface area contributed by atoms with Crippen LogP contribution < -0.4 is 4.90 Å². The van der Waals surface area contributed by atoms with Crippen LogP contribution in [0.15, 0.2) is 12.4 Å². The Bertz CT molecular complexity index is 927. The van der Waals surface area contributed by atoms with Crippen LogP contribution in [0.2, 0.25) is 0 Å². The van der Waals surface area contributed by atoms with E-state index in [-0.39, 0.29) is 24.2 Å². The largest absolute Gasteiger partial charge is 0.458 e. The van der Waals surface area contributed by atoms with Crippen molar-refractivity contribution in [1.29, 1.82) is 0 Å². The molecule has 2 aromatic heterocycles. The topological polar surface area (TPSA) is 92.9 Å². The van der Waals surface area contributed by atoms with Crippen molar-refractivity contribution < 1.29 is 14.3 Å². The molecule has 0 bridgehead atoms. The van der Waals surface area contributed by atoms with Gasteiger partial charge in [-0.3, -0.25) is 9.59 Å². The molecule has 1 saturated carbocycles.